The summed E-state index contributed by atoms with van der Waals surface area (Å²) >= 11 is 12.6. The van der Waals surface area contributed by atoms with Gasteiger partial charge in [-0.25, -0.2) is 15.0 Å². The summed E-state index contributed by atoms with van der Waals surface area (Å²) in [5.41, 5.74) is 0.849. The van der Waals surface area contributed by atoms with Gasteiger partial charge in [0.25, 0.3) is 0 Å². The van der Waals surface area contributed by atoms with E-state index in [4.69, 9.17) is 23.2 Å². The normalized spacial score (nSPS) is 25.3. The molecule has 6 rings (SSSR count). The molecule has 0 saturated heterocycles. The van der Waals surface area contributed by atoms with Crippen LogP contribution in [0.1, 0.15) is 35.1 Å². The van der Waals surface area contributed by atoms with Crippen molar-refractivity contribution in [3.8, 4) is 11.8 Å². The van der Waals surface area contributed by atoms with Crippen LogP contribution in [0.4, 0.5) is 0 Å². The zero-order chi connectivity index (χ0) is 28.2. The summed E-state index contributed by atoms with van der Waals surface area (Å²) < 4.78 is 1.65. The van der Waals surface area contributed by atoms with Gasteiger partial charge in [-0.15, -0.1) is 0 Å². The number of nitrogens with zero attached hydrogens (tertiary/aromatic N) is 4. The molecule has 9 nitrogen and oxygen atoms in total. The van der Waals surface area contributed by atoms with Gasteiger partial charge < -0.3 is 25.2 Å². The molecule has 2 aromatic heterocycles. The monoisotopic (exact) mass is 575 g/mol. The molecule has 0 spiro atoms. The van der Waals surface area contributed by atoms with Gasteiger partial charge in [0.1, 0.15) is 17.4 Å². The molecule has 2 fully saturated rings. The van der Waals surface area contributed by atoms with E-state index in [1.54, 1.807) is 47.0 Å². The van der Waals surface area contributed by atoms with Crippen molar-refractivity contribution in [2.24, 2.45) is 11.3 Å². The van der Waals surface area contributed by atoms with Crippen molar-refractivity contribution in [1.29, 1.82) is 0 Å². The number of aliphatic hydroxyl groups excluding tert-OH is 3. The van der Waals surface area contributed by atoms with E-state index in [0.29, 0.717) is 38.8 Å². The van der Waals surface area contributed by atoms with Crippen molar-refractivity contribution >= 4 is 52.1 Å². The number of nitrogens with one attached hydrogen (secondary N) is 1. The number of amides is 1. The molecule has 5 atom stereocenters. The summed E-state index contributed by atoms with van der Waals surface area (Å²) in [5, 5.41) is 36.2. The fraction of sp³-hybridized carbons (Fsp3) is 0.241. The quantitative estimate of drug-likeness (QED) is 0.216. The first-order chi connectivity index (χ1) is 19.3. The lowest BCUT2D eigenvalue weighted by Crippen LogP contribution is -2.41. The zero-order valence-corrected chi connectivity index (χ0v) is 22.6. The van der Waals surface area contributed by atoms with E-state index in [9.17, 15) is 20.1 Å². The second-order valence-corrected chi connectivity index (χ2v) is 10.7. The van der Waals surface area contributed by atoms with Crippen LogP contribution < -0.4 is 5.32 Å². The largest absolute Gasteiger partial charge is 0.507 e. The van der Waals surface area contributed by atoms with Crippen LogP contribution in [-0.2, 0) is 4.79 Å². The molecular formula is C29H23Cl2N5O4. The summed E-state index contributed by atoms with van der Waals surface area (Å²) in [4.78, 5) is 26.3. The SMILES string of the molecule is CNC(=O)[C@@]12C[C@@H]1[C@@H](n1cnc3c(/C=C(\O)c4ccccc4Cl)nc(C#Cc4ccccc4Cl)nc31)[C@H](O)[C@@H]2O. The topological polar surface area (TPSA) is 133 Å². The summed E-state index contributed by atoms with van der Waals surface area (Å²) in [6, 6.07) is 13.3. The van der Waals surface area contributed by atoms with E-state index in [-0.39, 0.29) is 29.1 Å². The van der Waals surface area contributed by atoms with E-state index >= 15 is 0 Å². The number of carbonyl (C=O) groups is 1. The summed E-state index contributed by atoms with van der Waals surface area (Å²) in [7, 11) is 1.51. The summed E-state index contributed by atoms with van der Waals surface area (Å²) in [5.74, 6) is 5.25. The Balaban J connectivity index is 1.50. The average molecular weight is 576 g/mol. The molecule has 2 aliphatic rings. The number of fused-ring (bicyclic) bond motifs is 2. The molecular weight excluding hydrogens is 553 g/mol. The highest BCUT2D eigenvalue weighted by molar-refractivity contribution is 6.32. The van der Waals surface area contributed by atoms with E-state index in [2.05, 4.69) is 32.1 Å². The highest BCUT2D eigenvalue weighted by atomic mass is 35.5. The van der Waals surface area contributed by atoms with Gasteiger partial charge in [-0.2, -0.15) is 0 Å². The molecule has 2 heterocycles. The van der Waals surface area contributed by atoms with Gasteiger partial charge >= 0.3 is 0 Å². The Morgan fingerprint density at radius 2 is 1.82 bits per heavy atom. The summed E-state index contributed by atoms with van der Waals surface area (Å²) in [6.45, 7) is 0. The molecule has 0 radical (unpaired) electrons. The van der Waals surface area contributed by atoms with Crippen LogP contribution in [0.2, 0.25) is 10.0 Å². The molecule has 0 unspecified atom stereocenters. The van der Waals surface area contributed by atoms with Gasteiger partial charge in [-0.05, 0) is 36.6 Å². The Morgan fingerprint density at radius 1 is 1.10 bits per heavy atom. The molecule has 2 aromatic carbocycles. The number of hydrogen-bond acceptors (Lipinski definition) is 7. The minimum atomic E-state index is -1.25. The maximum atomic E-state index is 12.6. The predicted octanol–water partition coefficient (Wildman–Crippen LogP) is 3.62. The van der Waals surface area contributed by atoms with Crippen molar-refractivity contribution in [3.63, 3.8) is 0 Å². The predicted molar refractivity (Wildman–Crippen MR) is 150 cm³/mol. The van der Waals surface area contributed by atoms with Crippen LogP contribution in [0.3, 0.4) is 0 Å². The van der Waals surface area contributed by atoms with Gasteiger partial charge in [0.15, 0.2) is 5.65 Å². The van der Waals surface area contributed by atoms with Gasteiger partial charge in [0.2, 0.25) is 11.7 Å². The lowest BCUT2D eigenvalue weighted by molar-refractivity contribution is -0.132. The van der Waals surface area contributed by atoms with E-state index in [1.807, 2.05) is 6.07 Å². The Kier molecular flexibility index (Phi) is 6.51. The molecule has 40 heavy (non-hydrogen) atoms. The van der Waals surface area contributed by atoms with E-state index in [0.717, 1.165) is 0 Å². The number of carbonyl (C=O) groups excluding carboxylic acids is 1. The highest BCUT2D eigenvalue weighted by Crippen LogP contribution is 2.67. The number of halogens is 2. The van der Waals surface area contributed by atoms with Gasteiger partial charge in [0, 0.05) is 30.2 Å². The molecule has 1 amide bonds. The second-order valence-electron chi connectivity index (χ2n) is 9.85. The molecule has 2 saturated carbocycles. The van der Waals surface area contributed by atoms with E-state index in [1.165, 1.54) is 19.5 Å². The lowest BCUT2D eigenvalue weighted by atomic mass is 9.98. The van der Waals surface area contributed by atoms with Gasteiger partial charge in [0.05, 0.1) is 39.6 Å². The maximum absolute atomic E-state index is 12.6. The van der Waals surface area contributed by atoms with Crippen molar-refractivity contribution in [2.45, 2.75) is 24.7 Å². The van der Waals surface area contributed by atoms with Crippen molar-refractivity contribution in [1.82, 2.24) is 24.8 Å². The van der Waals surface area contributed by atoms with Gasteiger partial charge in [-0.3, -0.25) is 4.79 Å². The number of benzene rings is 2. The van der Waals surface area contributed by atoms with Gasteiger partial charge in [-0.1, -0.05) is 53.4 Å². The third-order valence-electron chi connectivity index (χ3n) is 7.70. The minimum absolute atomic E-state index is 0.119. The molecule has 4 aromatic rings. The number of aromatic nitrogens is 4. The number of rotatable bonds is 4. The van der Waals surface area contributed by atoms with Crippen LogP contribution >= 0.6 is 23.2 Å². The fourth-order valence-corrected chi connectivity index (χ4v) is 6.08. The van der Waals surface area contributed by atoms with Crippen LogP contribution in [0.25, 0.3) is 23.0 Å². The third-order valence-corrected chi connectivity index (χ3v) is 8.36. The zero-order valence-electron chi connectivity index (χ0n) is 21.1. The third kappa shape index (κ3) is 4.12. The Bertz CT molecular complexity index is 1760. The second kappa shape index (κ2) is 9.91. The lowest BCUT2D eigenvalue weighted by Gasteiger charge is -2.23. The van der Waals surface area contributed by atoms with Crippen LogP contribution in [0, 0.1) is 23.2 Å². The number of aliphatic hydroxyl groups is 3. The highest BCUT2D eigenvalue weighted by Gasteiger charge is 2.75. The van der Waals surface area contributed by atoms with Crippen LogP contribution in [0.15, 0.2) is 54.9 Å². The molecule has 11 heteroatoms. The summed E-state index contributed by atoms with van der Waals surface area (Å²) in [6.07, 6.45) is 0.864. The molecule has 202 valence electrons. The Morgan fingerprint density at radius 3 is 2.55 bits per heavy atom. The number of hydrogen-bond donors (Lipinski definition) is 4. The Labute approximate surface area is 239 Å². The first-order valence-electron chi connectivity index (χ1n) is 12.5. The minimum Gasteiger partial charge on any atom is -0.507 e. The molecule has 0 aliphatic heterocycles. The van der Waals surface area contributed by atoms with E-state index < -0.39 is 23.7 Å². The van der Waals surface area contributed by atoms with Crippen molar-refractivity contribution < 1.29 is 20.1 Å². The first kappa shape index (κ1) is 26.3. The molecule has 4 N–H and O–H groups in total. The average Bonchev–Trinajstić information content (AvgIpc) is 3.49. The smallest absolute Gasteiger partial charge is 0.229 e. The fourth-order valence-electron chi connectivity index (χ4n) is 5.66. The Hall–Kier alpha value is -3.94. The van der Waals surface area contributed by atoms with Crippen molar-refractivity contribution in [2.75, 3.05) is 7.05 Å². The first-order valence-corrected chi connectivity index (χ1v) is 13.3. The maximum Gasteiger partial charge on any atom is 0.229 e. The molecule has 0 bridgehead atoms. The van der Waals surface area contributed by atoms with Crippen molar-refractivity contribution in [3.05, 3.63) is 87.5 Å². The van der Waals surface area contributed by atoms with Crippen LogP contribution in [0.5, 0.6) is 0 Å². The number of imidazole rings is 1. The van der Waals surface area contributed by atoms with Crippen LogP contribution in [-0.4, -0.2) is 60.0 Å². The standard InChI is InChI=1S/C29H23Cl2N5O4/c1-32-28(40)29-13-17(29)24(25(38)26(29)39)36-14-33-23-20(12-21(37)16-7-3-5-9-19(16)31)34-22(35-27(23)36)11-10-15-6-2-4-8-18(15)30/h2-9,12,14,17,24-26,37-39H,13H2,1H3,(H,32,40)/b21-12-/t17-,24-,25+,26+,29+/m1/s1. The molecule has 2 aliphatic carbocycles.